The van der Waals surface area contributed by atoms with Gasteiger partial charge in [0.05, 0.1) is 0 Å². The molecule has 0 amide bonds. The molecule has 1 aliphatic heterocycles. The first-order valence-corrected chi connectivity index (χ1v) is 8.60. The van der Waals surface area contributed by atoms with E-state index in [-0.39, 0.29) is 5.82 Å². The van der Waals surface area contributed by atoms with Gasteiger partial charge in [0.15, 0.2) is 0 Å². The second-order valence-electron chi connectivity index (χ2n) is 6.68. The maximum absolute atomic E-state index is 13.4. The van der Waals surface area contributed by atoms with Gasteiger partial charge in [-0.15, -0.1) is 0 Å². The van der Waals surface area contributed by atoms with E-state index in [1.54, 1.807) is 24.5 Å². The molecule has 0 aliphatic carbocycles. The van der Waals surface area contributed by atoms with Crippen LogP contribution >= 0.6 is 0 Å². The van der Waals surface area contributed by atoms with Gasteiger partial charge in [-0.05, 0) is 49.8 Å². The van der Waals surface area contributed by atoms with Crippen LogP contribution in [-0.2, 0) is 0 Å². The number of imidazole rings is 1. The van der Waals surface area contributed by atoms with E-state index < -0.39 is 0 Å². The topological polar surface area (TPSA) is 34.0 Å². The van der Waals surface area contributed by atoms with E-state index >= 15 is 0 Å². The lowest BCUT2D eigenvalue weighted by Crippen LogP contribution is -2.36. The molecule has 1 aliphatic rings. The first-order chi connectivity index (χ1) is 12.2. The molecular weight excluding hydrogens is 315 g/mol. The molecular formula is C20H21FN4. The van der Waals surface area contributed by atoms with Gasteiger partial charge in [0.25, 0.3) is 0 Å². The average molecular weight is 336 g/mol. The van der Waals surface area contributed by atoms with Crippen LogP contribution in [0.4, 0.5) is 4.39 Å². The first-order valence-electron chi connectivity index (χ1n) is 8.60. The molecule has 5 heteroatoms. The van der Waals surface area contributed by atoms with Crippen LogP contribution in [-0.4, -0.2) is 39.6 Å². The molecule has 2 aromatic heterocycles. The summed E-state index contributed by atoms with van der Waals surface area (Å²) in [5.74, 6) is 1.46. The minimum Gasteiger partial charge on any atom is -0.306 e. The Morgan fingerprint density at radius 2 is 1.76 bits per heavy atom. The molecule has 2 atom stereocenters. The zero-order chi connectivity index (χ0) is 17.2. The van der Waals surface area contributed by atoms with E-state index in [0.29, 0.717) is 11.8 Å². The Bertz CT molecular complexity index is 828. The molecule has 4 rings (SSSR count). The van der Waals surface area contributed by atoms with Crippen LogP contribution in [0.3, 0.4) is 0 Å². The summed E-state index contributed by atoms with van der Waals surface area (Å²) in [6.45, 7) is 1.98. The van der Waals surface area contributed by atoms with E-state index in [9.17, 15) is 4.39 Å². The van der Waals surface area contributed by atoms with Crippen LogP contribution in [0, 0.1) is 5.82 Å². The van der Waals surface area contributed by atoms with Gasteiger partial charge in [0.2, 0.25) is 0 Å². The Labute approximate surface area is 147 Å². The van der Waals surface area contributed by atoms with Gasteiger partial charge < -0.3 is 9.47 Å². The summed E-state index contributed by atoms with van der Waals surface area (Å²) in [5, 5.41) is 0. The van der Waals surface area contributed by atoms with Crippen molar-refractivity contribution in [2.75, 3.05) is 20.1 Å². The van der Waals surface area contributed by atoms with E-state index in [2.05, 4.69) is 26.5 Å². The second kappa shape index (κ2) is 6.76. The van der Waals surface area contributed by atoms with Gasteiger partial charge in [-0.1, -0.05) is 12.1 Å². The SMILES string of the molecule is CN1CCC(c2nccn2-c2ccncc2)C(c2ccc(F)cc2)C1. The van der Waals surface area contributed by atoms with Crippen molar-refractivity contribution >= 4 is 0 Å². The normalized spacial score (nSPS) is 21.4. The number of aromatic nitrogens is 3. The third kappa shape index (κ3) is 3.20. The Hall–Kier alpha value is -2.53. The van der Waals surface area contributed by atoms with Gasteiger partial charge >= 0.3 is 0 Å². The fraction of sp³-hybridized carbons (Fsp3) is 0.300. The maximum atomic E-state index is 13.4. The third-order valence-electron chi connectivity index (χ3n) is 5.06. The van der Waals surface area contributed by atoms with Crippen molar-refractivity contribution in [2.45, 2.75) is 18.3 Å². The van der Waals surface area contributed by atoms with Crippen LogP contribution in [0.15, 0.2) is 61.2 Å². The quantitative estimate of drug-likeness (QED) is 0.733. The summed E-state index contributed by atoms with van der Waals surface area (Å²) in [4.78, 5) is 11.1. The van der Waals surface area contributed by atoms with Gasteiger partial charge in [-0.2, -0.15) is 0 Å². The standard InChI is InChI=1S/C20H21FN4/c1-24-12-8-18(19(14-24)15-2-4-16(21)5-3-15)20-23-11-13-25(20)17-6-9-22-10-7-17/h2-7,9-11,13,18-19H,8,12,14H2,1H3. The Kier molecular flexibility index (Phi) is 4.32. The Morgan fingerprint density at radius 3 is 2.52 bits per heavy atom. The van der Waals surface area contributed by atoms with E-state index in [1.807, 2.05) is 36.7 Å². The third-order valence-corrected chi connectivity index (χ3v) is 5.06. The van der Waals surface area contributed by atoms with Crippen LogP contribution in [0.5, 0.6) is 0 Å². The van der Waals surface area contributed by atoms with Crippen molar-refractivity contribution < 1.29 is 4.39 Å². The lowest BCUT2D eigenvalue weighted by Gasteiger charge is -2.37. The van der Waals surface area contributed by atoms with Gasteiger partial charge in [-0.3, -0.25) is 4.98 Å². The van der Waals surface area contributed by atoms with Crippen molar-refractivity contribution in [1.82, 2.24) is 19.4 Å². The van der Waals surface area contributed by atoms with Crippen molar-refractivity contribution in [2.24, 2.45) is 0 Å². The largest absolute Gasteiger partial charge is 0.306 e. The molecule has 25 heavy (non-hydrogen) atoms. The molecule has 1 saturated heterocycles. The monoisotopic (exact) mass is 336 g/mol. The van der Waals surface area contributed by atoms with Crippen molar-refractivity contribution in [3.05, 3.63) is 78.4 Å². The average Bonchev–Trinajstić information content (AvgIpc) is 3.12. The first kappa shape index (κ1) is 16.0. The number of benzene rings is 1. The fourth-order valence-electron chi connectivity index (χ4n) is 3.78. The summed E-state index contributed by atoms with van der Waals surface area (Å²) in [6.07, 6.45) is 8.48. The summed E-state index contributed by atoms with van der Waals surface area (Å²) >= 11 is 0. The van der Waals surface area contributed by atoms with Gasteiger partial charge in [0.1, 0.15) is 11.6 Å². The molecule has 0 spiro atoms. The predicted molar refractivity (Wildman–Crippen MR) is 95.4 cm³/mol. The number of hydrogen-bond acceptors (Lipinski definition) is 3. The molecule has 1 aromatic carbocycles. The van der Waals surface area contributed by atoms with Crippen molar-refractivity contribution in [1.29, 1.82) is 0 Å². The van der Waals surface area contributed by atoms with Crippen LogP contribution in [0.2, 0.25) is 0 Å². The highest BCUT2D eigenvalue weighted by Gasteiger charge is 2.33. The number of nitrogens with zero attached hydrogens (tertiary/aromatic N) is 4. The zero-order valence-corrected chi connectivity index (χ0v) is 14.2. The van der Waals surface area contributed by atoms with Crippen molar-refractivity contribution in [3.8, 4) is 5.69 Å². The number of piperidine rings is 1. The molecule has 3 aromatic rings. The molecule has 2 unspecified atom stereocenters. The highest BCUT2D eigenvalue weighted by molar-refractivity contribution is 5.33. The number of hydrogen-bond donors (Lipinski definition) is 0. The number of likely N-dealkylation sites (N-methyl/N-ethyl adjacent to an activating group) is 1. The molecule has 0 radical (unpaired) electrons. The minimum absolute atomic E-state index is 0.192. The number of likely N-dealkylation sites (tertiary alicyclic amines) is 1. The Balaban J connectivity index is 1.73. The lowest BCUT2D eigenvalue weighted by atomic mass is 9.80. The molecule has 4 nitrogen and oxygen atoms in total. The molecule has 0 bridgehead atoms. The van der Waals surface area contributed by atoms with Gasteiger partial charge in [-0.25, -0.2) is 9.37 Å². The van der Waals surface area contributed by atoms with Crippen LogP contribution in [0.25, 0.3) is 5.69 Å². The molecule has 0 N–H and O–H groups in total. The van der Waals surface area contributed by atoms with E-state index in [4.69, 9.17) is 0 Å². The predicted octanol–water partition coefficient (Wildman–Crippen LogP) is 3.61. The van der Waals surface area contributed by atoms with Crippen molar-refractivity contribution in [3.63, 3.8) is 0 Å². The molecule has 1 fully saturated rings. The lowest BCUT2D eigenvalue weighted by molar-refractivity contribution is 0.221. The smallest absolute Gasteiger partial charge is 0.123 e. The highest BCUT2D eigenvalue weighted by atomic mass is 19.1. The summed E-state index contributed by atoms with van der Waals surface area (Å²) in [7, 11) is 2.14. The number of rotatable bonds is 3. The van der Waals surface area contributed by atoms with Crippen LogP contribution < -0.4 is 0 Å². The highest BCUT2D eigenvalue weighted by Crippen LogP contribution is 2.39. The Morgan fingerprint density at radius 1 is 1.00 bits per heavy atom. The summed E-state index contributed by atoms with van der Waals surface area (Å²) in [5.41, 5.74) is 2.24. The fourth-order valence-corrected chi connectivity index (χ4v) is 3.78. The second-order valence-corrected chi connectivity index (χ2v) is 6.68. The maximum Gasteiger partial charge on any atom is 0.123 e. The van der Waals surface area contributed by atoms with E-state index in [1.165, 1.54) is 5.56 Å². The molecule has 128 valence electrons. The number of pyridine rings is 1. The van der Waals surface area contributed by atoms with Gasteiger partial charge in [0, 0.05) is 48.9 Å². The zero-order valence-electron chi connectivity index (χ0n) is 14.2. The molecule has 3 heterocycles. The van der Waals surface area contributed by atoms with Crippen LogP contribution in [0.1, 0.15) is 29.6 Å². The molecule has 0 saturated carbocycles. The summed E-state index contributed by atoms with van der Waals surface area (Å²) in [6, 6.07) is 10.9. The van der Waals surface area contributed by atoms with E-state index in [0.717, 1.165) is 31.0 Å². The minimum atomic E-state index is -0.192. The number of halogens is 1. The summed E-state index contributed by atoms with van der Waals surface area (Å²) < 4.78 is 15.5.